The van der Waals surface area contributed by atoms with E-state index in [4.69, 9.17) is 0 Å². The minimum atomic E-state index is 0.124. The van der Waals surface area contributed by atoms with E-state index in [0.29, 0.717) is 19.0 Å². The number of anilines is 1. The fraction of sp³-hybridized carbons (Fsp3) is 0.312. The summed E-state index contributed by atoms with van der Waals surface area (Å²) in [6.45, 7) is 4.54. The third-order valence-corrected chi connectivity index (χ3v) is 4.27. The van der Waals surface area contributed by atoms with Gasteiger partial charge >= 0.3 is 0 Å². The molecule has 118 valence electrons. The molecular weight excluding hydrogens is 292 g/mol. The predicted molar refractivity (Wildman–Crippen MR) is 88.1 cm³/mol. The lowest BCUT2D eigenvalue weighted by molar-refractivity contribution is -0.129. The van der Waals surface area contributed by atoms with Crippen molar-refractivity contribution >= 4 is 22.8 Å². The van der Waals surface area contributed by atoms with Gasteiger partial charge in [0.1, 0.15) is 0 Å². The molecule has 0 radical (unpaired) electrons. The van der Waals surface area contributed by atoms with Gasteiger partial charge in [0.15, 0.2) is 5.82 Å². The van der Waals surface area contributed by atoms with Gasteiger partial charge in [0.05, 0.1) is 5.69 Å². The van der Waals surface area contributed by atoms with Crippen molar-refractivity contribution in [1.82, 2.24) is 25.1 Å². The van der Waals surface area contributed by atoms with Crippen molar-refractivity contribution in [2.24, 2.45) is 0 Å². The van der Waals surface area contributed by atoms with E-state index in [1.165, 1.54) is 0 Å². The minimum absolute atomic E-state index is 0.124. The van der Waals surface area contributed by atoms with Crippen molar-refractivity contribution in [2.75, 3.05) is 31.1 Å². The molecule has 0 saturated carbocycles. The smallest absolute Gasteiger partial charge is 0.245 e. The lowest BCUT2D eigenvalue weighted by Crippen LogP contribution is -2.48. The van der Waals surface area contributed by atoms with Gasteiger partial charge in [-0.15, -0.1) is 5.10 Å². The van der Waals surface area contributed by atoms with Crippen LogP contribution in [0.2, 0.25) is 0 Å². The molecule has 0 bridgehead atoms. The molecule has 1 aromatic carbocycles. The SMILES string of the molecule is CC(=O)N1CCN(c2n[nH]c(-c3cc4ccccc4[nH]3)n2)CC1. The van der Waals surface area contributed by atoms with Crippen molar-refractivity contribution < 1.29 is 4.79 Å². The third-order valence-electron chi connectivity index (χ3n) is 4.27. The van der Waals surface area contributed by atoms with Crippen LogP contribution in [0.4, 0.5) is 5.95 Å². The average Bonchev–Trinajstić information content (AvgIpc) is 3.21. The number of hydrogen-bond donors (Lipinski definition) is 2. The van der Waals surface area contributed by atoms with Gasteiger partial charge in [-0.3, -0.25) is 9.89 Å². The van der Waals surface area contributed by atoms with Crippen molar-refractivity contribution in [3.63, 3.8) is 0 Å². The van der Waals surface area contributed by atoms with Gasteiger partial charge in [0.25, 0.3) is 0 Å². The lowest BCUT2D eigenvalue weighted by atomic mass is 10.2. The molecule has 0 atom stereocenters. The first kappa shape index (κ1) is 13.8. The number of benzene rings is 1. The van der Waals surface area contributed by atoms with Crippen LogP contribution >= 0.6 is 0 Å². The van der Waals surface area contributed by atoms with E-state index in [1.807, 2.05) is 23.1 Å². The number of aromatic nitrogens is 4. The molecule has 0 spiro atoms. The molecule has 0 unspecified atom stereocenters. The number of hydrogen-bond acceptors (Lipinski definition) is 4. The van der Waals surface area contributed by atoms with Crippen LogP contribution < -0.4 is 4.90 Å². The number of aromatic amines is 2. The molecule has 7 nitrogen and oxygen atoms in total. The van der Waals surface area contributed by atoms with Gasteiger partial charge in [0, 0.05) is 44.0 Å². The summed E-state index contributed by atoms with van der Waals surface area (Å²) >= 11 is 0. The molecule has 2 aromatic heterocycles. The normalized spacial score (nSPS) is 15.3. The van der Waals surface area contributed by atoms with E-state index in [1.54, 1.807) is 6.92 Å². The second kappa shape index (κ2) is 5.42. The number of carbonyl (C=O) groups excluding carboxylic acids is 1. The molecular formula is C16H18N6O. The molecule has 0 aliphatic carbocycles. The number of fused-ring (bicyclic) bond motifs is 1. The summed E-state index contributed by atoms with van der Waals surface area (Å²) in [5, 5.41) is 8.47. The summed E-state index contributed by atoms with van der Waals surface area (Å²) in [5.74, 6) is 1.53. The molecule has 2 N–H and O–H groups in total. The number of amides is 1. The quantitative estimate of drug-likeness (QED) is 0.754. The highest BCUT2D eigenvalue weighted by Crippen LogP contribution is 2.22. The molecule has 7 heteroatoms. The zero-order valence-electron chi connectivity index (χ0n) is 12.9. The van der Waals surface area contributed by atoms with Crippen molar-refractivity contribution in [1.29, 1.82) is 0 Å². The monoisotopic (exact) mass is 310 g/mol. The van der Waals surface area contributed by atoms with Crippen LogP contribution in [0.15, 0.2) is 30.3 Å². The Morgan fingerprint density at radius 1 is 1.17 bits per heavy atom. The lowest BCUT2D eigenvalue weighted by Gasteiger charge is -2.33. The minimum Gasteiger partial charge on any atom is -0.352 e. The highest BCUT2D eigenvalue weighted by atomic mass is 16.2. The predicted octanol–water partition coefficient (Wildman–Crippen LogP) is 1.62. The molecule has 23 heavy (non-hydrogen) atoms. The number of para-hydroxylation sites is 1. The van der Waals surface area contributed by atoms with Gasteiger partial charge in [0.2, 0.25) is 11.9 Å². The summed E-state index contributed by atoms with van der Waals surface area (Å²) in [7, 11) is 0. The highest BCUT2D eigenvalue weighted by molar-refractivity contribution is 5.84. The average molecular weight is 310 g/mol. The first-order valence-electron chi connectivity index (χ1n) is 7.72. The Kier molecular flexibility index (Phi) is 3.25. The van der Waals surface area contributed by atoms with E-state index < -0.39 is 0 Å². The Morgan fingerprint density at radius 2 is 1.96 bits per heavy atom. The number of rotatable bonds is 2. The van der Waals surface area contributed by atoms with Gasteiger partial charge in [-0.25, -0.2) is 0 Å². The number of carbonyl (C=O) groups is 1. The molecule has 4 rings (SSSR count). The highest BCUT2D eigenvalue weighted by Gasteiger charge is 2.21. The Hall–Kier alpha value is -2.83. The van der Waals surface area contributed by atoms with E-state index >= 15 is 0 Å². The van der Waals surface area contributed by atoms with E-state index in [2.05, 4.69) is 37.2 Å². The van der Waals surface area contributed by atoms with Gasteiger partial charge in [-0.1, -0.05) is 18.2 Å². The van der Waals surface area contributed by atoms with E-state index in [-0.39, 0.29) is 5.91 Å². The fourth-order valence-electron chi connectivity index (χ4n) is 2.94. The maximum absolute atomic E-state index is 11.4. The standard InChI is InChI=1S/C16H18N6O/c1-11(23)21-6-8-22(9-7-21)16-18-15(19-20-16)14-10-12-4-2-3-5-13(12)17-14/h2-5,10,17H,6-9H2,1H3,(H,18,19,20). The maximum Gasteiger partial charge on any atom is 0.245 e. The van der Waals surface area contributed by atoms with Gasteiger partial charge in [-0.05, 0) is 12.1 Å². The van der Waals surface area contributed by atoms with Gasteiger partial charge in [-0.2, -0.15) is 4.98 Å². The summed E-state index contributed by atoms with van der Waals surface area (Å²) in [4.78, 5) is 23.3. The third kappa shape index (κ3) is 2.54. The van der Waals surface area contributed by atoms with Crippen LogP contribution in [-0.4, -0.2) is 57.2 Å². The molecule has 1 aliphatic heterocycles. The van der Waals surface area contributed by atoms with Crippen molar-refractivity contribution in [3.8, 4) is 11.5 Å². The number of nitrogens with one attached hydrogen (secondary N) is 2. The van der Waals surface area contributed by atoms with Crippen LogP contribution in [0.3, 0.4) is 0 Å². The van der Waals surface area contributed by atoms with Gasteiger partial charge < -0.3 is 14.8 Å². The Morgan fingerprint density at radius 3 is 2.70 bits per heavy atom. The molecule has 1 fully saturated rings. The fourth-order valence-corrected chi connectivity index (χ4v) is 2.94. The summed E-state index contributed by atoms with van der Waals surface area (Å²) < 4.78 is 0. The molecule has 1 aliphatic rings. The van der Waals surface area contributed by atoms with Crippen LogP contribution in [0, 0.1) is 0 Å². The molecule has 1 amide bonds. The Labute approximate surface area is 133 Å². The second-order valence-corrected chi connectivity index (χ2v) is 5.75. The number of nitrogens with zero attached hydrogens (tertiary/aromatic N) is 4. The molecule has 1 saturated heterocycles. The topological polar surface area (TPSA) is 80.9 Å². The van der Waals surface area contributed by atoms with Crippen LogP contribution in [0.5, 0.6) is 0 Å². The first-order valence-corrected chi connectivity index (χ1v) is 7.72. The van der Waals surface area contributed by atoms with Crippen LogP contribution in [-0.2, 0) is 4.79 Å². The number of H-pyrrole nitrogens is 2. The largest absolute Gasteiger partial charge is 0.352 e. The van der Waals surface area contributed by atoms with Crippen molar-refractivity contribution in [2.45, 2.75) is 6.92 Å². The molecule has 3 aromatic rings. The summed E-state index contributed by atoms with van der Waals surface area (Å²) in [6.07, 6.45) is 0. The second-order valence-electron chi connectivity index (χ2n) is 5.75. The summed E-state index contributed by atoms with van der Waals surface area (Å²) in [5.41, 5.74) is 2.00. The summed E-state index contributed by atoms with van der Waals surface area (Å²) in [6, 6.07) is 10.2. The zero-order chi connectivity index (χ0) is 15.8. The van der Waals surface area contributed by atoms with Crippen LogP contribution in [0.25, 0.3) is 22.4 Å². The molecule has 3 heterocycles. The van der Waals surface area contributed by atoms with Crippen molar-refractivity contribution in [3.05, 3.63) is 30.3 Å². The Balaban J connectivity index is 1.54. The maximum atomic E-state index is 11.4. The van der Waals surface area contributed by atoms with Crippen LogP contribution in [0.1, 0.15) is 6.92 Å². The zero-order valence-corrected chi connectivity index (χ0v) is 12.9. The van der Waals surface area contributed by atoms with E-state index in [9.17, 15) is 4.79 Å². The van der Waals surface area contributed by atoms with E-state index in [0.717, 1.165) is 35.5 Å². The number of piperazine rings is 1. The first-order chi connectivity index (χ1) is 11.2. The Bertz CT molecular complexity index is 810.